The highest BCUT2D eigenvalue weighted by Crippen LogP contribution is 2.34. The normalized spacial score (nSPS) is 25.2. The van der Waals surface area contributed by atoms with E-state index in [0.717, 1.165) is 25.1 Å². The first kappa shape index (κ1) is 15.0. The maximum atomic E-state index is 12.4. The Labute approximate surface area is 131 Å². The van der Waals surface area contributed by atoms with E-state index in [2.05, 4.69) is 4.90 Å². The van der Waals surface area contributed by atoms with Crippen LogP contribution in [0.4, 0.5) is 5.69 Å². The molecule has 0 spiro atoms. The summed E-state index contributed by atoms with van der Waals surface area (Å²) in [5, 5.41) is 0. The molecular formula is C17H23N3O2. The molecule has 118 valence electrons. The van der Waals surface area contributed by atoms with Crippen LogP contribution in [0.25, 0.3) is 0 Å². The van der Waals surface area contributed by atoms with Gasteiger partial charge in [0, 0.05) is 38.8 Å². The van der Waals surface area contributed by atoms with Crippen molar-refractivity contribution < 1.29 is 9.59 Å². The molecule has 2 aliphatic rings. The molecule has 5 nitrogen and oxygen atoms in total. The Morgan fingerprint density at radius 2 is 1.91 bits per heavy atom. The molecule has 2 atom stereocenters. The lowest BCUT2D eigenvalue weighted by atomic mass is 9.95. The molecule has 2 saturated heterocycles. The molecule has 2 aliphatic heterocycles. The summed E-state index contributed by atoms with van der Waals surface area (Å²) in [6.45, 7) is 1.33. The number of hydrogen-bond donors (Lipinski definition) is 0. The van der Waals surface area contributed by atoms with Crippen molar-refractivity contribution in [1.82, 2.24) is 9.80 Å². The summed E-state index contributed by atoms with van der Waals surface area (Å²) in [4.78, 5) is 30.2. The van der Waals surface area contributed by atoms with E-state index in [-0.39, 0.29) is 17.9 Å². The van der Waals surface area contributed by atoms with Crippen LogP contribution in [0.5, 0.6) is 0 Å². The maximum absolute atomic E-state index is 12.4. The maximum Gasteiger partial charge on any atom is 0.236 e. The van der Waals surface area contributed by atoms with Gasteiger partial charge in [0.25, 0.3) is 0 Å². The molecule has 0 aromatic heterocycles. The van der Waals surface area contributed by atoms with Crippen LogP contribution >= 0.6 is 0 Å². The first-order valence-electron chi connectivity index (χ1n) is 7.89. The minimum atomic E-state index is 0.129. The Morgan fingerprint density at radius 1 is 1.18 bits per heavy atom. The minimum Gasteiger partial charge on any atom is -0.348 e. The van der Waals surface area contributed by atoms with Gasteiger partial charge in [-0.05, 0) is 25.0 Å². The van der Waals surface area contributed by atoms with Crippen LogP contribution < -0.4 is 4.90 Å². The zero-order chi connectivity index (χ0) is 15.7. The van der Waals surface area contributed by atoms with Crippen LogP contribution in [0.1, 0.15) is 19.3 Å². The molecule has 2 fully saturated rings. The third-order valence-corrected chi connectivity index (χ3v) is 4.75. The Hall–Kier alpha value is -1.88. The molecule has 0 N–H and O–H groups in total. The molecule has 22 heavy (non-hydrogen) atoms. The number of benzene rings is 1. The highest BCUT2D eigenvalue weighted by molar-refractivity contribution is 5.95. The van der Waals surface area contributed by atoms with E-state index < -0.39 is 0 Å². The zero-order valence-corrected chi connectivity index (χ0v) is 13.2. The van der Waals surface area contributed by atoms with Crippen molar-refractivity contribution in [2.24, 2.45) is 0 Å². The van der Waals surface area contributed by atoms with Gasteiger partial charge in [0.05, 0.1) is 12.6 Å². The lowest BCUT2D eigenvalue weighted by Gasteiger charge is -2.39. The Balaban J connectivity index is 1.78. The number of likely N-dealkylation sites (N-methyl/N-ethyl adjacent to an activating group) is 1. The standard InChI is InChI=1S/C17H23N3O2/c1-18(2)17(22)12-19-11-10-15-14(19)8-9-16(21)20(15)13-6-4-3-5-7-13/h3-7,14-15H,8-12H2,1-2H3/t14-,15-/m0/s1. The largest absolute Gasteiger partial charge is 0.348 e. The summed E-state index contributed by atoms with van der Waals surface area (Å²) in [5.74, 6) is 0.331. The summed E-state index contributed by atoms with van der Waals surface area (Å²) in [6, 6.07) is 10.4. The van der Waals surface area contributed by atoms with Crippen molar-refractivity contribution in [3.63, 3.8) is 0 Å². The van der Waals surface area contributed by atoms with E-state index in [1.54, 1.807) is 19.0 Å². The van der Waals surface area contributed by atoms with E-state index in [1.807, 2.05) is 35.2 Å². The second kappa shape index (κ2) is 6.08. The molecule has 2 amide bonds. The van der Waals surface area contributed by atoms with Crippen molar-refractivity contribution in [2.45, 2.75) is 31.3 Å². The van der Waals surface area contributed by atoms with Crippen LogP contribution in [0.2, 0.25) is 0 Å². The fraction of sp³-hybridized carbons (Fsp3) is 0.529. The molecule has 0 aliphatic carbocycles. The van der Waals surface area contributed by atoms with Crippen LogP contribution in [0.3, 0.4) is 0 Å². The van der Waals surface area contributed by atoms with Gasteiger partial charge in [-0.25, -0.2) is 0 Å². The minimum absolute atomic E-state index is 0.129. The topological polar surface area (TPSA) is 43.9 Å². The number of rotatable bonds is 3. The van der Waals surface area contributed by atoms with E-state index in [1.165, 1.54) is 0 Å². The predicted molar refractivity (Wildman–Crippen MR) is 85.6 cm³/mol. The van der Waals surface area contributed by atoms with E-state index in [0.29, 0.717) is 19.0 Å². The van der Waals surface area contributed by atoms with Gasteiger partial charge in [0.1, 0.15) is 0 Å². The van der Waals surface area contributed by atoms with E-state index in [4.69, 9.17) is 0 Å². The molecule has 5 heteroatoms. The number of amides is 2. The van der Waals surface area contributed by atoms with Gasteiger partial charge >= 0.3 is 0 Å². The third kappa shape index (κ3) is 2.73. The number of piperidine rings is 1. The van der Waals surface area contributed by atoms with Gasteiger partial charge < -0.3 is 9.80 Å². The lowest BCUT2D eigenvalue weighted by molar-refractivity contribution is -0.130. The van der Waals surface area contributed by atoms with Crippen molar-refractivity contribution in [1.29, 1.82) is 0 Å². The predicted octanol–water partition coefficient (Wildman–Crippen LogP) is 1.34. The summed E-state index contributed by atoms with van der Waals surface area (Å²) in [7, 11) is 3.58. The second-order valence-electron chi connectivity index (χ2n) is 6.32. The number of nitrogens with zero attached hydrogens (tertiary/aromatic N) is 3. The second-order valence-corrected chi connectivity index (χ2v) is 6.32. The Kier molecular flexibility index (Phi) is 4.16. The van der Waals surface area contributed by atoms with Crippen molar-refractivity contribution in [3.8, 4) is 0 Å². The number of para-hydroxylation sites is 1. The molecule has 0 radical (unpaired) electrons. The number of anilines is 1. The van der Waals surface area contributed by atoms with Crippen molar-refractivity contribution in [2.75, 3.05) is 32.1 Å². The zero-order valence-electron chi connectivity index (χ0n) is 13.2. The van der Waals surface area contributed by atoms with Crippen LogP contribution in [-0.2, 0) is 9.59 Å². The van der Waals surface area contributed by atoms with Crippen LogP contribution in [0, 0.1) is 0 Å². The van der Waals surface area contributed by atoms with Crippen molar-refractivity contribution >= 4 is 17.5 Å². The quantitative estimate of drug-likeness (QED) is 0.846. The summed E-state index contributed by atoms with van der Waals surface area (Å²) < 4.78 is 0. The number of likely N-dealkylation sites (tertiary alicyclic amines) is 1. The first-order chi connectivity index (χ1) is 10.6. The average molecular weight is 301 g/mol. The van der Waals surface area contributed by atoms with Crippen LogP contribution in [0.15, 0.2) is 30.3 Å². The van der Waals surface area contributed by atoms with E-state index >= 15 is 0 Å². The van der Waals surface area contributed by atoms with Crippen molar-refractivity contribution in [3.05, 3.63) is 30.3 Å². The molecular weight excluding hydrogens is 278 g/mol. The molecule has 1 aromatic rings. The van der Waals surface area contributed by atoms with Crippen LogP contribution in [-0.4, -0.2) is 60.9 Å². The number of hydrogen-bond acceptors (Lipinski definition) is 3. The molecule has 0 saturated carbocycles. The molecule has 2 heterocycles. The fourth-order valence-corrected chi connectivity index (χ4v) is 3.59. The average Bonchev–Trinajstić information content (AvgIpc) is 2.90. The first-order valence-corrected chi connectivity index (χ1v) is 7.89. The van der Waals surface area contributed by atoms with E-state index in [9.17, 15) is 9.59 Å². The lowest BCUT2D eigenvalue weighted by Crippen LogP contribution is -2.53. The number of carbonyl (C=O) groups is 2. The van der Waals surface area contributed by atoms with Gasteiger partial charge in [-0.3, -0.25) is 14.5 Å². The third-order valence-electron chi connectivity index (χ3n) is 4.75. The highest BCUT2D eigenvalue weighted by atomic mass is 16.2. The number of carbonyl (C=O) groups excluding carboxylic acids is 2. The van der Waals surface area contributed by atoms with Gasteiger partial charge in [-0.2, -0.15) is 0 Å². The molecule has 3 rings (SSSR count). The molecule has 0 unspecified atom stereocenters. The monoisotopic (exact) mass is 301 g/mol. The van der Waals surface area contributed by atoms with Gasteiger partial charge in [0.2, 0.25) is 11.8 Å². The number of fused-ring (bicyclic) bond motifs is 1. The smallest absolute Gasteiger partial charge is 0.236 e. The summed E-state index contributed by atoms with van der Waals surface area (Å²) in [5.41, 5.74) is 0.975. The van der Waals surface area contributed by atoms with Gasteiger partial charge in [-0.1, -0.05) is 18.2 Å². The SMILES string of the molecule is CN(C)C(=O)CN1CC[C@H]2[C@@H]1CCC(=O)N2c1ccccc1. The summed E-state index contributed by atoms with van der Waals surface area (Å²) >= 11 is 0. The van der Waals surface area contributed by atoms with Gasteiger partial charge in [-0.15, -0.1) is 0 Å². The summed E-state index contributed by atoms with van der Waals surface area (Å²) in [6.07, 6.45) is 2.35. The molecule has 0 bridgehead atoms. The Bertz CT molecular complexity index is 558. The Morgan fingerprint density at radius 3 is 2.59 bits per heavy atom. The molecule has 1 aromatic carbocycles. The fourth-order valence-electron chi connectivity index (χ4n) is 3.59. The highest BCUT2D eigenvalue weighted by Gasteiger charge is 2.44. The van der Waals surface area contributed by atoms with Gasteiger partial charge in [0.15, 0.2) is 0 Å².